The highest BCUT2D eigenvalue weighted by molar-refractivity contribution is 7.10. The minimum absolute atomic E-state index is 0.0852. The summed E-state index contributed by atoms with van der Waals surface area (Å²) in [5.74, 6) is -0.611. The van der Waals surface area contributed by atoms with E-state index in [0.29, 0.717) is 5.56 Å². The van der Waals surface area contributed by atoms with Crippen LogP contribution in [0.1, 0.15) is 27.7 Å². The molecule has 1 unspecified atom stereocenters. The summed E-state index contributed by atoms with van der Waals surface area (Å²) in [6.07, 6.45) is 1.85. The number of amides is 1. The van der Waals surface area contributed by atoms with Crippen LogP contribution in [0.15, 0.2) is 72.4 Å². The van der Waals surface area contributed by atoms with Crippen molar-refractivity contribution in [3.63, 3.8) is 0 Å². The molecule has 1 amide bonds. The second-order valence-electron chi connectivity index (χ2n) is 6.47. The summed E-state index contributed by atoms with van der Waals surface area (Å²) in [7, 11) is 1.34. The third-order valence-electron chi connectivity index (χ3n) is 4.65. The van der Waals surface area contributed by atoms with Crippen LogP contribution < -0.4 is 5.32 Å². The van der Waals surface area contributed by atoms with Crippen LogP contribution in [0.5, 0.6) is 0 Å². The van der Waals surface area contributed by atoms with Gasteiger partial charge < -0.3 is 10.1 Å². The van der Waals surface area contributed by atoms with Crippen molar-refractivity contribution in [1.82, 2.24) is 14.9 Å². The Balaban J connectivity index is 1.53. The summed E-state index contributed by atoms with van der Waals surface area (Å²) in [5, 5.41) is 4.85. The first-order valence-corrected chi connectivity index (χ1v) is 9.97. The summed E-state index contributed by atoms with van der Waals surface area (Å²) >= 11 is 1.49. The molecule has 0 saturated heterocycles. The molecule has 29 heavy (non-hydrogen) atoms. The van der Waals surface area contributed by atoms with E-state index in [-0.39, 0.29) is 18.3 Å². The Kier molecular flexibility index (Phi) is 5.39. The molecule has 4 aromatic rings. The minimum atomic E-state index is -0.424. The minimum Gasteiger partial charge on any atom is -0.469 e. The first-order valence-electron chi connectivity index (χ1n) is 9.09. The molecule has 0 saturated carbocycles. The summed E-state index contributed by atoms with van der Waals surface area (Å²) in [5.41, 5.74) is 3.35. The normalized spacial score (nSPS) is 11.9. The van der Waals surface area contributed by atoms with E-state index in [1.54, 1.807) is 18.5 Å². The second kappa shape index (κ2) is 8.28. The highest BCUT2D eigenvalue weighted by Crippen LogP contribution is 2.23. The molecule has 2 heterocycles. The van der Waals surface area contributed by atoms with Crippen molar-refractivity contribution in [3.8, 4) is 5.69 Å². The van der Waals surface area contributed by atoms with Crippen LogP contribution >= 0.6 is 11.3 Å². The number of imidazole rings is 1. The lowest BCUT2D eigenvalue weighted by Crippen LogP contribution is -2.30. The van der Waals surface area contributed by atoms with E-state index in [0.717, 1.165) is 21.6 Å². The molecule has 0 fully saturated rings. The van der Waals surface area contributed by atoms with Crippen LogP contribution in [0, 0.1) is 0 Å². The average molecular weight is 405 g/mol. The van der Waals surface area contributed by atoms with Crippen molar-refractivity contribution < 1.29 is 14.3 Å². The predicted octanol–water partition coefficient (Wildman–Crippen LogP) is 4.12. The molecule has 0 spiro atoms. The quantitative estimate of drug-likeness (QED) is 0.490. The van der Waals surface area contributed by atoms with Crippen molar-refractivity contribution in [2.24, 2.45) is 0 Å². The highest BCUT2D eigenvalue weighted by atomic mass is 32.1. The molecule has 0 bridgehead atoms. The summed E-state index contributed by atoms with van der Waals surface area (Å²) in [6.45, 7) is 0. The Morgan fingerprint density at radius 1 is 1.10 bits per heavy atom. The molecule has 4 rings (SSSR count). The smallest absolute Gasteiger partial charge is 0.307 e. The Morgan fingerprint density at radius 3 is 2.62 bits per heavy atom. The van der Waals surface area contributed by atoms with Gasteiger partial charge in [-0.1, -0.05) is 18.2 Å². The first-order chi connectivity index (χ1) is 14.2. The van der Waals surface area contributed by atoms with Gasteiger partial charge >= 0.3 is 5.97 Å². The van der Waals surface area contributed by atoms with Gasteiger partial charge in [-0.25, -0.2) is 4.98 Å². The third-order valence-corrected chi connectivity index (χ3v) is 5.64. The van der Waals surface area contributed by atoms with Crippen molar-refractivity contribution >= 4 is 34.2 Å². The predicted molar refractivity (Wildman–Crippen MR) is 112 cm³/mol. The van der Waals surface area contributed by atoms with Crippen molar-refractivity contribution in [1.29, 1.82) is 0 Å². The van der Waals surface area contributed by atoms with E-state index < -0.39 is 6.04 Å². The van der Waals surface area contributed by atoms with Crippen molar-refractivity contribution in [3.05, 3.63) is 82.8 Å². The Hall–Kier alpha value is -3.45. The number of rotatable bonds is 6. The molecular weight excluding hydrogens is 386 g/mol. The number of methoxy groups -OCH3 is 1. The average Bonchev–Trinajstić information content (AvgIpc) is 3.43. The Labute approximate surface area is 171 Å². The number of carbonyl (C=O) groups excluding carboxylic acids is 2. The number of benzene rings is 2. The monoisotopic (exact) mass is 405 g/mol. The number of aromatic nitrogens is 2. The molecule has 0 aliphatic rings. The standard InChI is InChI=1S/C22H19N3O3S/c1-28-21(26)13-18(20-7-4-12-29-20)24-22(27)15-8-10-16(11-9-15)25-14-23-17-5-2-3-6-19(17)25/h2-12,14,18H,13H2,1H3,(H,24,27). The number of thiophene rings is 1. The van der Waals surface area contributed by atoms with E-state index in [9.17, 15) is 9.59 Å². The summed E-state index contributed by atoms with van der Waals surface area (Å²) < 4.78 is 6.74. The SMILES string of the molecule is COC(=O)CC(NC(=O)c1ccc(-n2cnc3ccccc32)cc1)c1cccs1. The molecule has 2 aromatic heterocycles. The molecule has 0 radical (unpaired) electrons. The van der Waals surface area contributed by atoms with Crippen LogP contribution in [0.25, 0.3) is 16.7 Å². The number of nitrogens with zero attached hydrogens (tertiary/aromatic N) is 2. The molecule has 0 aliphatic carbocycles. The van der Waals surface area contributed by atoms with Gasteiger partial charge in [0.2, 0.25) is 0 Å². The highest BCUT2D eigenvalue weighted by Gasteiger charge is 2.20. The van der Waals surface area contributed by atoms with Crippen molar-refractivity contribution in [2.45, 2.75) is 12.5 Å². The summed E-state index contributed by atoms with van der Waals surface area (Å²) in [6, 6.07) is 18.5. The fourth-order valence-electron chi connectivity index (χ4n) is 3.14. The lowest BCUT2D eigenvalue weighted by atomic mass is 10.1. The molecule has 146 valence electrons. The van der Waals surface area contributed by atoms with Gasteiger partial charge in [-0.05, 0) is 47.8 Å². The molecular formula is C22H19N3O3S. The molecule has 1 atom stereocenters. The number of fused-ring (bicyclic) bond motifs is 1. The second-order valence-corrected chi connectivity index (χ2v) is 7.45. The van der Waals surface area contributed by atoms with E-state index in [1.807, 2.05) is 58.5 Å². The lowest BCUT2D eigenvalue weighted by Gasteiger charge is -2.16. The van der Waals surface area contributed by atoms with E-state index >= 15 is 0 Å². The van der Waals surface area contributed by atoms with Crippen LogP contribution in [0.2, 0.25) is 0 Å². The van der Waals surface area contributed by atoms with Gasteiger partial charge in [0, 0.05) is 16.1 Å². The van der Waals surface area contributed by atoms with Crippen LogP contribution in [0.3, 0.4) is 0 Å². The number of nitrogens with one attached hydrogen (secondary N) is 1. The van der Waals surface area contributed by atoms with Crippen molar-refractivity contribution in [2.75, 3.05) is 7.11 Å². The van der Waals surface area contributed by atoms with Gasteiger partial charge in [0.15, 0.2) is 0 Å². The molecule has 2 aromatic carbocycles. The molecule has 7 heteroatoms. The largest absolute Gasteiger partial charge is 0.469 e. The lowest BCUT2D eigenvalue weighted by molar-refractivity contribution is -0.141. The summed E-state index contributed by atoms with van der Waals surface area (Å²) in [4.78, 5) is 29.8. The Morgan fingerprint density at radius 2 is 1.90 bits per heavy atom. The van der Waals surface area contributed by atoms with Gasteiger partial charge in [0.25, 0.3) is 5.91 Å². The number of carbonyl (C=O) groups is 2. The zero-order valence-corrected chi connectivity index (χ0v) is 16.6. The van der Waals surface area contributed by atoms with Gasteiger partial charge in [0.05, 0.1) is 30.6 Å². The van der Waals surface area contributed by atoms with Gasteiger partial charge in [-0.15, -0.1) is 11.3 Å². The fraction of sp³-hybridized carbons (Fsp3) is 0.136. The first kappa shape index (κ1) is 18.9. The number of hydrogen-bond acceptors (Lipinski definition) is 5. The maximum absolute atomic E-state index is 12.8. The Bertz CT molecular complexity index is 1130. The number of hydrogen-bond donors (Lipinski definition) is 1. The van der Waals surface area contributed by atoms with Gasteiger partial charge in [-0.3, -0.25) is 14.2 Å². The van der Waals surface area contributed by atoms with Crippen LogP contribution in [-0.2, 0) is 9.53 Å². The van der Waals surface area contributed by atoms with Crippen LogP contribution in [-0.4, -0.2) is 28.5 Å². The number of ether oxygens (including phenoxy) is 1. The van der Waals surface area contributed by atoms with E-state index in [4.69, 9.17) is 4.74 Å². The van der Waals surface area contributed by atoms with E-state index in [2.05, 4.69) is 10.3 Å². The fourth-order valence-corrected chi connectivity index (χ4v) is 3.92. The van der Waals surface area contributed by atoms with Crippen LogP contribution in [0.4, 0.5) is 0 Å². The maximum atomic E-state index is 12.8. The van der Waals surface area contributed by atoms with Gasteiger partial charge in [0.1, 0.15) is 6.33 Å². The third kappa shape index (κ3) is 4.05. The zero-order chi connectivity index (χ0) is 20.2. The topological polar surface area (TPSA) is 73.2 Å². The molecule has 0 aliphatic heterocycles. The molecule has 6 nitrogen and oxygen atoms in total. The van der Waals surface area contributed by atoms with E-state index in [1.165, 1.54) is 18.4 Å². The number of esters is 1. The van der Waals surface area contributed by atoms with Gasteiger partial charge in [-0.2, -0.15) is 0 Å². The molecule has 1 N–H and O–H groups in total. The maximum Gasteiger partial charge on any atom is 0.307 e. The number of para-hydroxylation sites is 2. The zero-order valence-electron chi connectivity index (χ0n) is 15.7.